The summed E-state index contributed by atoms with van der Waals surface area (Å²) in [6.45, 7) is 0. The van der Waals surface area contributed by atoms with Crippen LogP contribution in [0.15, 0.2) is 16.6 Å². The summed E-state index contributed by atoms with van der Waals surface area (Å²) in [5.41, 5.74) is -0.116. The van der Waals surface area contributed by atoms with Crippen LogP contribution in [0.25, 0.3) is 0 Å². The van der Waals surface area contributed by atoms with Gasteiger partial charge in [-0.1, -0.05) is 11.6 Å². The number of carboxylic acids is 1. The number of hydrogen-bond acceptors (Lipinski definition) is 2. The quantitative estimate of drug-likeness (QED) is 0.790. The van der Waals surface area contributed by atoms with Gasteiger partial charge in [-0.25, -0.2) is 4.39 Å². The molecule has 1 aromatic carbocycles. The van der Waals surface area contributed by atoms with Crippen LogP contribution in [0.5, 0.6) is 0 Å². The van der Waals surface area contributed by atoms with E-state index >= 15 is 0 Å². The predicted molar refractivity (Wildman–Crippen MR) is 80.0 cm³/mol. The summed E-state index contributed by atoms with van der Waals surface area (Å²) in [7, 11) is 0. The standard InChI is InChI=1S/C14H14BrClFNO3/c15-11-6-8(16)5-10(12(11)17)13(19)18-9-3-1-7(2-4-9)14(20)21/h5-7,9H,1-4H2,(H,18,19)(H,20,21). The van der Waals surface area contributed by atoms with Gasteiger partial charge in [0, 0.05) is 11.1 Å². The molecule has 1 amide bonds. The number of amides is 1. The van der Waals surface area contributed by atoms with Crippen LogP contribution in [0.1, 0.15) is 36.0 Å². The lowest BCUT2D eigenvalue weighted by Crippen LogP contribution is -2.39. The molecule has 7 heteroatoms. The van der Waals surface area contributed by atoms with E-state index in [0.29, 0.717) is 25.7 Å². The van der Waals surface area contributed by atoms with Crippen molar-refractivity contribution in [2.24, 2.45) is 5.92 Å². The largest absolute Gasteiger partial charge is 0.481 e. The first-order valence-electron chi connectivity index (χ1n) is 6.56. The van der Waals surface area contributed by atoms with Gasteiger partial charge in [-0.15, -0.1) is 0 Å². The average molecular weight is 379 g/mol. The lowest BCUT2D eigenvalue weighted by molar-refractivity contribution is -0.142. The van der Waals surface area contributed by atoms with Crippen LogP contribution in [0.4, 0.5) is 4.39 Å². The van der Waals surface area contributed by atoms with E-state index < -0.39 is 17.7 Å². The zero-order chi connectivity index (χ0) is 15.6. The molecule has 1 aliphatic rings. The molecule has 2 rings (SSSR count). The number of nitrogens with one attached hydrogen (secondary N) is 1. The Hall–Kier alpha value is -1.14. The summed E-state index contributed by atoms with van der Waals surface area (Å²) in [6.07, 6.45) is 2.18. The van der Waals surface area contributed by atoms with Gasteiger partial charge in [-0.05, 0) is 53.7 Å². The number of aliphatic carboxylic acids is 1. The van der Waals surface area contributed by atoms with E-state index in [1.165, 1.54) is 12.1 Å². The van der Waals surface area contributed by atoms with E-state index in [1.54, 1.807) is 0 Å². The summed E-state index contributed by atoms with van der Waals surface area (Å²) >= 11 is 8.83. The van der Waals surface area contributed by atoms with Crippen molar-refractivity contribution >= 4 is 39.4 Å². The Balaban J connectivity index is 2.01. The van der Waals surface area contributed by atoms with Gasteiger partial charge >= 0.3 is 5.97 Å². The molecule has 0 heterocycles. The molecule has 21 heavy (non-hydrogen) atoms. The topological polar surface area (TPSA) is 66.4 Å². The van der Waals surface area contributed by atoms with Gasteiger partial charge in [0.2, 0.25) is 0 Å². The van der Waals surface area contributed by atoms with Gasteiger partial charge in [0.1, 0.15) is 5.82 Å². The minimum Gasteiger partial charge on any atom is -0.481 e. The fourth-order valence-corrected chi connectivity index (χ4v) is 3.28. The van der Waals surface area contributed by atoms with E-state index in [9.17, 15) is 14.0 Å². The SMILES string of the molecule is O=C(NC1CCC(C(=O)O)CC1)c1cc(Cl)cc(Br)c1F. The van der Waals surface area contributed by atoms with Crippen molar-refractivity contribution in [3.63, 3.8) is 0 Å². The molecule has 1 aliphatic carbocycles. The first kappa shape index (κ1) is 16.2. The number of benzene rings is 1. The Morgan fingerprint density at radius 3 is 2.48 bits per heavy atom. The Morgan fingerprint density at radius 1 is 1.29 bits per heavy atom. The van der Waals surface area contributed by atoms with Crippen LogP contribution in [0, 0.1) is 11.7 Å². The summed E-state index contributed by atoms with van der Waals surface area (Å²) in [5, 5.41) is 11.9. The molecule has 1 saturated carbocycles. The average Bonchev–Trinajstić information content (AvgIpc) is 2.43. The zero-order valence-corrected chi connectivity index (χ0v) is 13.4. The normalized spacial score (nSPS) is 21.9. The molecule has 0 atom stereocenters. The molecule has 2 N–H and O–H groups in total. The number of carbonyl (C=O) groups is 2. The van der Waals surface area contributed by atoms with E-state index in [1.807, 2.05) is 0 Å². The van der Waals surface area contributed by atoms with Crippen LogP contribution in [-0.4, -0.2) is 23.0 Å². The highest BCUT2D eigenvalue weighted by molar-refractivity contribution is 9.10. The number of rotatable bonds is 3. The Morgan fingerprint density at radius 2 is 1.90 bits per heavy atom. The molecule has 1 aromatic rings. The fourth-order valence-electron chi connectivity index (χ4n) is 2.47. The van der Waals surface area contributed by atoms with Crippen molar-refractivity contribution in [1.82, 2.24) is 5.32 Å². The molecule has 0 unspecified atom stereocenters. The molecule has 0 bridgehead atoms. The predicted octanol–water partition coefficient (Wildman–Crippen LogP) is 3.61. The highest BCUT2D eigenvalue weighted by Gasteiger charge is 2.27. The lowest BCUT2D eigenvalue weighted by atomic mass is 9.86. The van der Waals surface area contributed by atoms with Crippen LogP contribution in [0.3, 0.4) is 0 Å². The molecule has 0 saturated heterocycles. The summed E-state index contributed by atoms with van der Waals surface area (Å²) in [4.78, 5) is 23.0. The molecule has 0 spiro atoms. The van der Waals surface area contributed by atoms with Crippen molar-refractivity contribution in [2.75, 3.05) is 0 Å². The Kier molecular flexibility index (Phi) is 5.22. The lowest BCUT2D eigenvalue weighted by Gasteiger charge is -2.26. The Labute approximate surface area is 134 Å². The number of halogens is 3. The highest BCUT2D eigenvalue weighted by atomic mass is 79.9. The summed E-state index contributed by atoms with van der Waals surface area (Å²) < 4.78 is 14.0. The second-order valence-corrected chi connectivity index (χ2v) is 6.40. The van der Waals surface area contributed by atoms with E-state index in [4.69, 9.17) is 16.7 Å². The van der Waals surface area contributed by atoms with Gasteiger partial charge in [-0.2, -0.15) is 0 Å². The van der Waals surface area contributed by atoms with Crippen molar-refractivity contribution in [2.45, 2.75) is 31.7 Å². The fraction of sp³-hybridized carbons (Fsp3) is 0.429. The molecule has 1 fully saturated rings. The van der Waals surface area contributed by atoms with Crippen molar-refractivity contribution in [3.05, 3.63) is 33.0 Å². The summed E-state index contributed by atoms with van der Waals surface area (Å²) in [6, 6.07) is 2.52. The maximum absolute atomic E-state index is 13.9. The monoisotopic (exact) mass is 377 g/mol. The van der Waals surface area contributed by atoms with E-state index in [0.717, 1.165) is 0 Å². The number of hydrogen-bond donors (Lipinski definition) is 2. The van der Waals surface area contributed by atoms with Gasteiger partial charge in [-0.3, -0.25) is 9.59 Å². The Bertz CT molecular complexity index is 574. The molecule has 114 valence electrons. The number of carbonyl (C=O) groups excluding carboxylic acids is 1. The highest BCUT2D eigenvalue weighted by Crippen LogP contribution is 2.27. The van der Waals surface area contributed by atoms with Gasteiger partial charge < -0.3 is 10.4 Å². The molecule has 0 radical (unpaired) electrons. The smallest absolute Gasteiger partial charge is 0.306 e. The minimum absolute atomic E-state index is 0.116. The van der Waals surface area contributed by atoms with Crippen LogP contribution >= 0.6 is 27.5 Å². The van der Waals surface area contributed by atoms with Crippen molar-refractivity contribution in [3.8, 4) is 0 Å². The first-order chi connectivity index (χ1) is 9.88. The molecule has 0 aliphatic heterocycles. The van der Waals surface area contributed by atoms with Crippen LogP contribution < -0.4 is 5.32 Å². The third-order valence-electron chi connectivity index (χ3n) is 3.65. The third-order valence-corrected chi connectivity index (χ3v) is 4.44. The van der Waals surface area contributed by atoms with E-state index in [2.05, 4.69) is 21.2 Å². The first-order valence-corrected chi connectivity index (χ1v) is 7.73. The maximum atomic E-state index is 13.9. The molecule has 4 nitrogen and oxygen atoms in total. The van der Waals surface area contributed by atoms with Crippen molar-refractivity contribution < 1.29 is 19.1 Å². The minimum atomic E-state index is -0.801. The zero-order valence-electron chi connectivity index (χ0n) is 11.0. The molecule has 0 aromatic heterocycles. The maximum Gasteiger partial charge on any atom is 0.306 e. The number of carboxylic acid groups (broad SMARTS) is 1. The molecular formula is C14H14BrClFNO3. The van der Waals surface area contributed by atoms with Crippen LogP contribution in [-0.2, 0) is 4.79 Å². The third kappa shape index (κ3) is 3.95. The van der Waals surface area contributed by atoms with Crippen molar-refractivity contribution in [1.29, 1.82) is 0 Å². The van der Waals surface area contributed by atoms with Gasteiger partial charge in [0.05, 0.1) is 16.0 Å². The second kappa shape index (κ2) is 6.75. The molecular weight excluding hydrogens is 365 g/mol. The van der Waals surface area contributed by atoms with Crippen LogP contribution in [0.2, 0.25) is 5.02 Å². The second-order valence-electron chi connectivity index (χ2n) is 5.11. The van der Waals surface area contributed by atoms with Gasteiger partial charge in [0.25, 0.3) is 5.91 Å². The summed E-state index contributed by atoms with van der Waals surface area (Å²) in [5.74, 6) is -2.34. The van der Waals surface area contributed by atoms with Gasteiger partial charge in [0.15, 0.2) is 0 Å². The van der Waals surface area contributed by atoms with E-state index in [-0.39, 0.29) is 27.0 Å².